The molecule has 20 heavy (non-hydrogen) atoms. The van der Waals surface area contributed by atoms with Crippen molar-refractivity contribution in [2.75, 3.05) is 20.2 Å². The zero-order valence-corrected chi connectivity index (χ0v) is 13.8. The van der Waals surface area contributed by atoms with Crippen LogP contribution in [0.3, 0.4) is 0 Å². The number of nitrogens with one attached hydrogen (secondary N) is 1. The third-order valence-electron chi connectivity index (χ3n) is 4.73. The summed E-state index contributed by atoms with van der Waals surface area (Å²) in [4.78, 5) is 0. The Morgan fingerprint density at radius 3 is 2.75 bits per heavy atom. The lowest BCUT2D eigenvalue weighted by Crippen LogP contribution is -2.45. The van der Waals surface area contributed by atoms with E-state index >= 15 is 0 Å². The molecule has 0 radical (unpaired) electrons. The molecule has 0 spiro atoms. The molecule has 2 atom stereocenters. The molecule has 1 N–H and O–H groups in total. The van der Waals surface area contributed by atoms with E-state index in [4.69, 9.17) is 16.3 Å². The Bertz CT molecular complexity index is 460. The van der Waals surface area contributed by atoms with Gasteiger partial charge in [0.05, 0.1) is 5.60 Å². The van der Waals surface area contributed by atoms with E-state index in [9.17, 15) is 0 Å². The molecule has 0 bridgehead atoms. The molecule has 2 nitrogen and oxygen atoms in total. The molecule has 0 amide bonds. The highest BCUT2D eigenvalue weighted by atomic mass is 35.5. The van der Waals surface area contributed by atoms with E-state index in [0.717, 1.165) is 31.0 Å². The number of hydrogen-bond donors (Lipinski definition) is 1. The molecule has 1 heterocycles. The van der Waals surface area contributed by atoms with E-state index in [0.29, 0.717) is 5.92 Å². The molecule has 1 aliphatic rings. The number of methoxy groups -OCH3 is 1. The zero-order chi connectivity index (χ0) is 14.8. The van der Waals surface area contributed by atoms with Crippen molar-refractivity contribution >= 4 is 11.6 Å². The average Bonchev–Trinajstić information content (AvgIpc) is 2.39. The minimum absolute atomic E-state index is 0.106. The molecular formula is C17H26ClNO. The van der Waals surface area contributed by atoms with Crippen LogP contribution < -0.4 is 5.32 Å². The van der Waals surface area contributed by atoms with Crippen molar-refractivity contribution in [1.82, 2.24) is 5.32 Å². The van der Waals surface area contributed by atoms with Crippen molar-refractivity contribution in [3.05, 3.63) is 34.9 Å². The van der Waals surface area contributed by atoms with Crippen LogP contribution in [0.15, 0.2) is 24.3 Å². The number of halogens is 1. The summed E-state index contributed by atoms with van der Waals surface area (Å²) in [5.41, 5.74) is 1.36. The maximum atomic E-state index is 6.43. The largest absolute Gasteiger partial charge is 0.379 e. The third kappa shape index (κ3) is 3.36. The molecular weight excluding hydrogens is 270 g/mol. The predicted molar refractivity (Wildman–Crippen MR) is 85.5 cm³/mol. The Hall–Kier alpha value is -0.570. The second-order valence-electron chi connectivity index (χ2n) is 6.82. The van der Waals surface area contributed by atoms with Crippen molar-refractivity contribution < 1.29 is 4.74 Å². The van der Waals surface area contributed by atoms with Crippen LogP contribution in [0.5, 0.6) is 0 Å². The van der Waals surface area contributed by atoms with Gasteiger partial charge in [0.25, 0.3) is 0 Å². The van der Waals surface area contributed by atoms with Gasteiger partial charge in [0.1, 0.15) is 0 Å². The molecule has 1 aliphatic heterocycles. The van der Waals surface area contributed by atoms with Gasteiger partial charge in [-0.05, 0) is 50.3 Å². The van der Waals surface area contributed by atoms with Crippen LogP contribution in [0.25, 0.3) is 0 Å². The third-order valence-corrected chi connectivity index (χ3v) is 5.07. The smallest absolute Gasteiger partial charge is 0.0628 e. The first-order valence-corrected chi connectivity index (χ1v) is 7.76. The molecule has 0 aromatic heterocycles. The Labute approximate surface area is 127 Å². The Morgan fingerprint density at radius 2 is 2.10 bits per heavy atom. The standard InChI is InChI=1S/C17H26ClNO/c1-16(2,20-4)12-17(3)9-10-19-11-14(17)13-7-5-6-8-15(13)18/h5-8,14,19H,9-12H2,1-4H3. The van der Waals surface area contributed by atoms with Gasteiger partial charge >= 0.3 is 0 Å². The van der Waals surface area contributed by atoms with Gasteiger partial charge in [0.2, 0.25) is 0 Å². The van der Waals surface area contributed by atoms with E-state index in [-0.39, 0.29) is 11.0 Å². The topological polar surface area (TPSA) is 21.3 Å². The van der Waals surface area contributed by atoms with Gasteiger partial charge in [0, 0.05) is 24.6 Å². The van der Waals surface area contributed by atoms with Crippen LogP contribution in [0.1, 0.15) is 45.1 Å². The summed E-state index contributed by atoms with van der Waals surface area (Å²) >= 11 is 6.43. The first-order valence-electron chi connectivity index (χ1n) is 7.38. The van der Waals surface area contributed by atoms with Crippen LogP contribution in [-0.4, -0.2) is 25.8 Å². The maximum absolute atomic E-state index is 6.43. The van der Waals surface area contributed by atoms with Crippen molar-refractivity contribution in [3.63, 3.8) is 0 Å². The first-order chi connectivity index (χ1) is 9.38. The first kappa shape index (κ1) is 15.8. The SMILES string of the molecule is COC(C)(C)CC1(C)CCNCC1c1ccccc1Cl. The van der Waals surface area contributed by atoms with E-state index < -0.39 is 0 Å². The predicted octanol–water partition coefficient (Wildman–Crippen LogP) is 4.24. The van der Waals surface area contributed by atoms with Gasteiger partial charge < -0.3 is 10.1 Å². The van der Waals surface area contributed by atoms with Gasteiger partial charge in [-0.25, -0.2) is 0 Å². The second-order valence-corrected chi connectivity index (χ2v) is 7.23. The molecule has 2 unspecified atom stereocenters. The van der Waals surface area contributed by atoms with Gasteiger partial charge in [-0.1, -0.05) is 36.7 Å². The summed E-state index contributed by atoms with van der Waals surface area (Å²) in [6, 6.07) is 8.24. The van der Waals surface area contributed by atoms with Gasteiger partial charge in [-0.15, -0.1) is 0 Å². The van der Waals surface area contributed by atoms with E-state index in [2.05, 4.69) is 38.2 Å². The lowest BCUT2D eigenvalue weighted by molar-refractivity contribution is -0.0295. The van der Waals surface area contributed by atoms with Crippen molar-refractivity contribution in [1.29, 1.82) is 0 Å². The molecule has 1 saturated heterocycles. The van der Waals surface area contributed by atoms with E-state index in [1.54, 1.807) is 7.11 Å². The summed E-state index contributed by atoms with van der Waals surface area (Å²) in [7, 11) is 1.80. The number of hydrogen-bond acceptors (Lipinski definition) is 2. The highest BCUT2D eigenvalue weighted by Crippen LogP contribution is 2.47. The van der Waals surface area contributed by atoms with Crippen LogP contribution >= 0.6 is 11.6 Å². The van der Waals surface area contributed by atoms with Gasteiger partial charge in [0.15, 0.2) is 0 Å². The van der Waals surface area contributed by atoms with Gasteiger partial charge in [-0.2, -0.15) is 0 Å². The molecule has 0 saturated carbocycles. The summed E-state index contributed by atoms with van der Waals surface area (Å²) in [6.07, 6.45) is 2.18. The molecule has 1 aromatic carbocycles. The average molecular weight is 296 g/mol. The van der Waals surface area contributed by atoms with Crippen LogP contribution in [0.4, 0.5) is 0 Å². The second kappa shape index (κ2) is 6.05. The highest BCUT2D eigenvalue weighted by Gasteiger charge is 2.42. The van der Waals surface area contributed by atoms with E-state index in [1.165, 1.54) is 5.56 Å². The van der Waals surface area contributed by atoms with E-state index in [1.807, 2.05) is 12.1 Å². The van der Waals surface area contributed by atoms with Crippen LogP contribution in [0, 0.1) is 5.41 Å². The lowest BCUT2D eigenvalue weighted by Gasteiger charge is -2.46. The molecule has 3 heteroatoms. The Morgan fingerprint density at radius 1 is 1.40 bits per heavy atom. The fraction of sp³-hybridized carbons (Fsp3) is 0.647. The van der Waals surface area contributed by atoms with Crippen molar-refractivity contribution in [2.24, 2.45) is 5.41 Å². The summed E-state index contributed by atoms with van der Waals surface area (Å²) in [5.74, 6) is 0.430. The minimum atomic E-state index is -0.106. The van der Waals surface area contributed by atoms with Crippen molar-refractivity contribution in [2.45, 2.75) is 45.1 Å². The number of ether oxygens (including phenoxy) is 1. The zero-order valence-electron chi connectivity index (χ0n) is 13.0. The summed E-state index contributed by atoms with van der Waals surface area (Å²) in [6.45, 7) is 8.77. The normalized spacial score (nSPS) is 27.6. The fourth-order valence-corrected chi connectivity index (χ4v) is 3.81. The monoisotopic (exact) mass is 295 g/mol. The summed E-state index contributed by atoms with van der Waals surface area (Å²) in [5, 5.41) is 4.40. The molecule has 2 rings (SSSR count). The molecule has 1 aromatic rings. The van der Waals surface area contributed by atoms with Gasteiger partial charge in [-0.3, -0.25) is 0 Å². The van der Waals surface area contributed by atoms with Crippen LogP contribution in [-0.2, 0) is 4.74 Å². The Kier molecular flexibility index (Phi) is 4.78. The number of benzene rings is 1. The molecule has 1 fully saturated rings. The maximum Gasteiger partial charge on any atom is 0.0628 e. The number of rotatable bonds is 4. The number of piperidine rings is 1. The summed E-state index contributed by atoms with van der Waals surface area (Å²) < 4.78 is 5.67. The van der Waals surface area contributed by atoms with Crippen LogP contribution in [0.2, 0.25) is 5.02 Å². The Balaban J connectivity index is 2.32. The molecule has 0 aliphatic carbocycles. The minimum Gasteiger partial charge on any atom is -0.379 e. The quantitative estimate of drug-likeness (QED) is 0.897. The van der Waals surface area contributed by atoms with Crippen molar-refractivity contribution in [3.8, 4) is 0 Å². The lowest BCUT2D eigenvalue weighted by atomic mass is 9.64. The molecule has 112 valence electrons. The fourth-order valence-electron chi connectivity index (χ4n) is 3.54. The highest BCUT2D eigenvalue weighted by molar-refractivity contribution is 6.31.